The van der Waals surface area contributed by atoms with E-state index in [2.05, 4.69) is 16.7 Å². The highest BCUT2D eigenvalue weighted by Crippen LogP contribution is 2.19. The van der Waals surface area contributed by atoms with Crippen LogP contribution in [-0.2, 0) is 4.74 Å². The van der Waals surface area contributed by atoms with Gasteiger partial charge in [0.15, 0.2) is 0 Å². The van der Waals surface area contributed by atoms with E-state index in [1.54, 1.807) is 0 Å². The number of nitriles is 1. The first kappa shape index (κ1) is 16.8. The van der Waals surface area contributed by atoms with Crippen molar-refractivity contribution in [2.45, 2.75) is 71.1 Å². The van der Waals surface area contributed by atoms with E-state index in [1.165, 1.54) is 0 Å². The van der Waals surface area contributed by atoms with Crippen molar-refractivity contribution in [3.63, 3.8) is 0 Å². The van der Waals surface area contributed by atoms with Crippen LogP contribution >= 0.6 is 0 Å². The lowest BCUT2D eigenvalue weighted by Gasteiger charge is -2.30. The Labute approximate surface area is 122 Å². The van der Waals surface area contributed by atoms with Gasteiger partial charge in [-0.25, -0.2) is 4.79 Å². The number of hydrogen-bond acceptors (Lipinski definition) is 4. The summed E-state index contributed by atoms with van der Waals surface area (Å²) in [5.41, 5.74) is -0.448. The molecule has 1 fully saturated rings. The molecule has 2 N–H and O–H groups in total. The molecule has 1 amide bonds. The fourth-order valence-corrected chi connectivity index (χ4v) is 2.31. The molecule has 0 aromatic heterocycles. The minimum absolute atomic E-state index is 0.0487. The van der Waals surface area contributed by atoms with Crippen LogP contribution in [0.15, 0.2) is 0 Å². The molecule has 0 aromatic carbocycles. The lowest BCUT2D eigenvalue weighted by molar-refractivity contribution is 0.0490. The fraction of sp³-hybridized carbons (Fsp3) is 0.867. The van der Waals surface area contributed by atoms with Gasteiger partial charge in [-0.05, 0) is 53.4 Å². The van der Waals surface area contributed by atoms with Crippen LogP contribution in [0.5, 0.6) is 0 Å². The third-order valence-electron chi connectivity index (χ3n) is 3.38. The van der Waals surface area contributed by atoms with Gasteiger partial charge in [0.05, 0.1) is 12.0 Å². The molecule has 1 rings (SSSR count). The number of rotatable bonds is 4. The average Bonchev–Trinajstić information content (AvgIpc) is 2.35. The molecule has 5 nitrogen and oxygen atoms in total. The van der Waals surface area contributed by atoms with Gasteiger partial charge in [-0.15, -0.1) is 0 Å². The number of nitrogens with zero attached hydrogens (tertiary/aromatic N) is 1. The Hall–Kier alpha value is -1.28. The Kier molecular flexibility index (Phi) is 6.28. The van der Waals surface area contributed by atoms with E-state index in [0.29, 0.717) is 6.04 Å². The van der Waals surface area contributed by atoms with Gasteiger partial charge >= 0.3 is 6.09 Å². The molecule has 0 spiro atoms. The van der Waals surface area contributed by atoms with Crippen molar-refractivity contribution in [2.75, 3.05) is 6.54 Å². The van der Waals surface area contributed by atoms with Crippen LogP contribution in [0.1, 0.15) is 53.4 Å². The highest BCUT2D eigenvalue weighted by atomic mass is 16.6. The van der Waals surface area contributed by atoms with E-state index in [0.717, 1.165) is 32.2 Å². The summed E-state index contributed by atoms with van der Waals surface area (Å²) in [6.45, 7) is 8.26. The van der Waals surface area contributed by atoms with Gasteiger partial charge in [0.2, 0.25) is 0 Å². The number of carbonyl (C=O) groups is 1. The third kappa shape index (κ3) is 6.76. The van der Waals surface area contributed by atoms with Crippen LogP contribution < -0.4 is 10.6 Å². The zero-order valence-electron chi connectivity index (χ0n) is 13.0. The summed E-state index contributed by atoms with van der Waals surface area (Å²) in [5.74, 6) is 0.0487. The molecule has 1 aliphatic carbocycles. The number of carbonyl (C=O) groups excluding carboxylic acids is 1. The van der Waals surface area contributed by atoms with E-state index in [9.17, 15) is 4.79 Å². The molecule has 0 aliphatic heterocycles. The summed E-state index contributed by atoms with van der Waals surface area (Å²) in [6.07, 6.45) is 3.64. The maximum absolute atomic E-state index is 11.7. The van der Waals surface area contributed by atoms with Crippen molar-refractivity contribution in [1.29, 1.82) is 5.26 Å². The molecule has 1 atom stereocenters. The lowest BCUT2D eigenvalue weighted by Crippen LogP contribution is -2.44. The number of nitrogens with one attached hydrogen (secondary N) is 2. The van der Waals surface area contributed by atoms with E-state index < -0.39 is 5.60 Å². The molecule has 1 unspecified atom stereocenters. The minimum Gasteiger partial charge on any atom is -0.444 e. The number of hydrogen-bond donors (Lipinski definition) is 2. The van der Waals surface area contributed by atoms with Crippen molar-refractivity contribution in [3.05, 3.63) is 0 Å². The molecule has 20 heavy (non-hydrogen) atoms. The van der Waals surface area contributed by atoms with Crippen molar-refractivity contribution in [1.82, 2.24) is 10.6 Å². The molecular formula is C15H27N3O2. The highest BCUT2D eigenvalue weighted by molar-refractivity contribution is 5.68. The van der Waals surface area contributed by atoms with E-state index in [-0.39, 0.29) is 18.1 Å². The molecule has 0 heterocycles. The quantitative estimate of drug-likeness (QED) is 0.830. The lowest BCUT2D eigenvalue weighted by atomic mass is 9.91. The SMILES string of the molecule is CC(C#N)CNC1CCC(NC(=O)OC(C)(C)C)CC1. The van der Waals surface area contributed by atoms with Crippen LogP contribution in [-0.4, -0.2) is 30.3 Å². The molecule has 0 saturated heterocycles. The molecule has 1 aliphatic rings. The fourth-order valence-electron chi connectivity index (χ4n) is 2.31. The molecule has 0 radical (unpaired) electrons. The predicted octanol–water partition coefficient (Wildman–Crippen LogP) is 2.57. The van der Waals surface area contributed by atoms with Gasteiger partial charge in [0.1, 0.15) is 5.60 Å². The normalized spacial score (nSPS) is 24.6. The number of alkyl carbamates (subject to hydrolysis) is 1. The summed E-state index contributed by atoms with van der Waals surface area (Å²) in [4.78, 5) is 11.7. The topological polar surface area (TPSA) is 74.2 Å². The zero-order valence-corrected chi connectivity index (χ0v) is 13.0. The first-order valence-electron chi connectivity index (χ1n) is 7.42. The Bertz CT molecular complexity index is 349. The molecule has 0 bridgehead atoms. The van der Waals surface area contributed by atoms with Crippen LogP contribution in [0.2, 0.25) is 0 Å². The summed E-state index contributed by atoms with van der Waals surface area (Å²) < 4.78 is 5.26. The predicted molar refractivity (Wildman–Crippen MR) is 78.2 cm³/mol. The second-order valence-corrected chi connectivity index (χ2v) is 6.63. The standard InChI is InChI=1S/C15H27N3O2/c1-11(9-16)10-17-12-5-7-13(8-6-12)18-14(19)20-15(2,3)4/h11-13,17H,5-8,10H2,1-4H3,(H,18,19). The third-order valence-corrected chi connectivity index (χ3v) is 3.38. The molecule has 0 aromatic rings. The van der Waals surface area contributed by atoms with E-state index in [1.807, 2.05) is 27.7 Å². The maximum atomic E-state index is 11.7. The number of amides is 1. The van der Waals surface area contributed by atoms with Crippen LogP contribution in [0, 0.1) is 17.2 Å². The van der Waals surface area contributed by atoms with Gasteiger partial charge in [0.25, 0.3) is 0 Å². The molecule has 114 valence electrons. The smallest absolute Gasteiger partial charge is 0.407 e. The van der Waals surface area contributed by atoms with Crippen molar-refractivity contribution < 1.29 is 9.53 Å². The Balaban J connectivity index is 2.22. The van der Waals surface area contributed by atoms with Gasteiger partial charge in [0, 0.05) is 18.6 Å². The Morgan fingerprint density at radius 1 is 1.30 bits per heavy atom. The number of ether oxygens (including phenoxy) is 1. The van der Waals surface area contributed by atoms with Gasteiger partial charge < -0.3 is 15.4 Å². The van der Waals surface area contributed by atoms with Crippen molar-refractivity contribution in [2.24, 2.45) is 5.92 Å². The molecule has 1 saturated carbocycles. The van der Waals surface area contributed by atoms with Crippen molar-refractivity contribution in [3.8, 4) is 6.07 Å². The Morgan fingerprint density at radius 2 is 1.85 bits per heavy atom. The van der Waals surface area contributed by atoms with E-state index in [4.69, 9.17) is 10.00 Å². The molecule has 5 heteroatoms. The summed E-state index contributed by atoms with van der Waals surface area (Å²) in [7, 11) is 0. The van der Waals surface area contributed by atoms with Crippen LogP contribution in [0.4, 0.5) is 4.79 Å². The molecular weight excluding hydrogens is 254 g/mol. The average molecular weight is 281 g/mol. The van der Waals surface area contributed by atoms with Gasteiger partial charge in [-0.1, -0.05) is 0 Å². The van der Waals surface area contributed by atoms with Crippen LogP contribution in [0.25, 0.3) is 0 Å². The maximum Gasteiger partial charge on any atom is 0.407 e. The summed E-state index contributed by atoms with van der Waals surface area (Å²) in [6, 6.07) is 2.89. The van der Waals surface area contributed by atoms with Gasteiger partial charge in [-0.2, -0.15) is 5.26 Å². The summed E-state index contributed by atoms with van der Waals surface area (Å²) >= 11 is 0. The Morgan fingerprint density at radius 3 is 2.35 bits per heavy atom. The second kappa shape index (κ2) is 7.49. The zero-order chi connectivity index (χ0) is 15.2. The van der Waals surface area contributed by atoms with Crippen molar-refractivity contribution >= 4 is 6.09 Å². The second-order valence-electron chi connectivity index (χ2n) is 6.63. The van der Waals surface area contributed by atoms with Gasteiger partial charge in [-0.3, -0.25) is 0 Å². The van der Waals surface area contributed by atoms with E-state index >= 15 is 0 Å². The minimum atomic E-state index is -0.448. The summed E-state index contributed by atoms with van der Waals surface area (Å²) in [5, 5.41) is 15.1. The first-order valence-corrected chi connectivity index (χ1v) is 7.42. The largest absolute Gasteiger partial charge is 0.444 e. The van der Waals surface area contributed by atoms with Crippen LogP contribution in [0.3, 0.4) is 0 Å². The first-order chi connectivity index (χ1) is 9.30. The monoisotopic (exact) mass is 281 g/mol. The highest BCUT2D eigenvalue weighted by Gasteiger charge is 2.24.